The number of carbonyl (C=O) groups is 1. The molecule has 0 saturated carbocycles. The van der Waals surface area contributed by atoms with Gasteiger partial charge in [-0.3, -0.25) is 4.79 Å². The normalized spacial score (nSPS) is 13.7. The maximum Gasteiger partial charge on any atom is 0.265 e. The Morgan fingerprint density at radius 2 is 2.06 bits per heavy atom. The third kappa shape index (κ3) is 4.02. The fourth-order valence-corrected chi connectivity index (χ4v) is 2.29. The average molecular weight is 334 g/mol. The van der Waals surface area contributed by atoms with Gasteiger partial charge in [-0.2, -0.15) is 0 Å². The van der Waals surface area contributed by atoms with E-state index in [-0.39, 0.29) is 16.1 Å². The monoisotopic (exact) mass is 333 g/mol. The molecule has 0 spiro atoms. The highest BCUT2D eigenvalue weighted by Gasteiger charge is 2.26. The molecule has 0 aromatic carbocycles. The summed E-state index contributed by atoms with van der Waals surface area (Å²) in [4.78, 5) is 13.0. The van der Waals surface area contributed by atoms with Crippen molar-refractivity contribution in [2.45, 2.75) is 44.9 Å². The van der Waals surface area contributed by atoms with E-state index < -0.39 is 0 Å². The van der Waals surface area contributed by atoms with Crippen molar-refractivity contribution in [2.75, 3.05) is 6.54 Å². The Morgan fingerprint density at radius 3 is 2.56 bits per heavy atom. The zero-order valence-corrected chi connectivity index (χ0v) is 13.9. The molecule has 1 aromatic heterocycles. The second-order valence-electron chi connectivity index (χ2n) is 5.67. The van der Waals surface area contributed by atoms with E-state index in [1.54, 1.807) is 0 Å². The highest BCUT2D eigenvalue weighted by atomic mass is 79.9. The number of halogens is 1. The van der Waals surface area contributed by atoms with Crippen molar-refractivity contribution < 1.29 is 4.79 Å². The van der Waals surface area contributed by atoms with Crippen LogP contribution in [-0.4, -0.2) is 26.9 Å². The number of alkyl halides is 1. The molecule has 0 radical (unpaired) electrons. The van der Waals surface area contributed by atoms with Crippen molar-refractivity contribution >= 4 is 33.4 Å². The first-order valence-corrected chi connectivity index (χ1v) is 7.67. The molecular formula is C12H20BrN3OS. The number of nitrogens with zero attached hydrogens (tertiary/aromatic N) is 2. The smallest absolute Gasteiger partial charge is 0.265 e. The Balaban J connectivity index is 2.71. The third-order valence-electron chi connectivity index (χ3n) is 2.59. The van der Waals surface area contributed by atoms with Crippen molar-refractivity contribution in [1.82, 2.24) is 14.9 Å². The molecule has 1 aromatic rings. The lowest BCUT2D eigenvalue weighted by atomic mass is 9.91. The summed E-state index contributed by atoms with van der Waals surface area (Å²) in [7, 11) is 0. The maximum absolute atomic E-state index is 12.1. The lowest BCUT2D eigenvalue weighted by Gasteiger charge is -2.17. The zero-order valence-electron chi connectivity index (χ0n) is 11.5. The van der Waals surface area contributed by atoms with E-state index >= 15 is 0 Å². The van der Waals surface area contributed by atoms with Gasteiger partial charge in [0.05, 0.1) is 5.69 Å². The van der Waals surface area contributed by atoms with E-state index in [0.717, 1.165) is 17.2 Å². The third-order valence-corrected chi connectivity index (χ3v) is 4.69. The molecule has 0 aliphatic heterocycles. The Kier molecular flexibility index (Phi) is 5.28. The molecule has 6 heteroatoms. The molecule has 18 heavy (non-hydrogen) atoms. The predicted octanol–water partition coefficient (Wildman–Crippen LogP) is 2.98. The van der Waals surface area contributed by atoms with Crippen LogP contribution in [0.25, 0.3) is 0 Å². The maximum atomic E-state index is 12.1. The van der Waals surface area contributed by atoms with Gasteiger partial charge in [0, 0.05) is 16.8 Å². The molecule has 1 N–H and O–H groups in total. The minimum absolute atomic E-state index is 0.0833. The molecule has 1 heterocycles. The molecule has 0 bridgehead atoms. The Hall–Kier alpha value is -0.490. The van der Waals surface area contributed by atoms with Crippen LogP contribution in [0, 0.1) is 5.92 Å². The molecule has 1 amide bonds. The highest BCUT2D eigenvalue weighted by Crippen LogP contribution is 2.25. The molecule has 4 nitrogen and oxygen atoms in total. The van der Waals surface area contributed by atoms with Gasteiger partial charge in [0.2, 0.25) is 0 Å². The van der Waals surface area contributed by atoms with Crippen LogP contribution in [0.1, 0.15) is 50.0 Å². The zero-order chi connectivity index (χ0) is 13.9. The quantitative estimate of drug-likeness (QED) is 0.861. The summed E-state index contributed by atoms with van der Waals surface area (Å²) in [6, 6.07) is 0. The first kappa shape index (κ1) is 15.6. The number of carbonyl (C=O) groups excluding carboxylic acids is 1. The molecule has 1 atom stereocenters. The second-order valence-corrected chi connectivity index (χ2v) is 7.60. The van der Waals surface area contributed by atoms with Crippen LogP contribution >= 0.6 is 27.5 Å². The molecule has 102 valence electrons. The van der Waals surface area contributed by atoms with Crippen LogP contribution in [0.2, 0.25) is 0 Å². The van der Waals surface area contributed by atoms with Crippen LogP contribution in [0.3, 0.4) is 0 Å². The molecule has 0 saturated heterocycles. The SMILES string of the molecule is CC(C)C(Br)CNC(=O)c1snnc1C(C)(C)C. The van der Waals surface area contributed by atoms with E-state index in [1.165, 1.54) is 0 Å². The van der Waals surface area contributed by atoms with Gasteiger partial charge >= 0.3 is 0 Å². The van der Waals surface area contributed by atoms with E-state index in [4.69, 9.17) is 0 Å². The summed E-state index contributed by atoms with van der Waals surface area (Å²) in [6.07, 6.45) is 0. The summed E-state index contributed by atoms with van der Waals surface area (Å²) in [6.45, 7) is 10.9. The first-order chi connectivity index (χ1) is 8.23. The molecular weight excluding hydrogens is 314 g/mol. The van der Waals surface area contributed by atoms with Crippen molar-refractivity contribution in [2.24, 2.45) is 5.92 Å². The summed E-state index contributed by atoms with van der Waals surface area (Å²) in [5.74, 6) is 0.395. The van der Waals surface area contributed by atoms with Gasteiger partial charge < -0.3 is 5.32 Å². The lowest BCUT2D eigenvalue weighted by molar-refractivity contribution is 0.0954. The van der Waals surface area contributed by atoms with Crippen LogP contribution in [-0.2, 0) is 5.41 Å². The molecule has 0 aliphatic carbocycles. The van der Waals surface area contributed by atoms with E-state index in [0.29, 0.717) is 17.3 Å². The number of hydrogen-bond acceptors (Lipinski definition) is 4. The summed E-state index contributed by atoms with van der Waals surface area (Å²) >= 11 is 4.71. The fraction of sp³-hybridized carbons (Fsp3) is 0.750. The number of hydrogen-bond donors (Lipinski definition) is 1. The van der Waals surface area contributed by atoms with Gasteiger partial charge in [-0.15, -0.1) is 5.10 Å². The van der Waals surface area contributed by atoms with E-state index in [1.807, 2.05) is 20.8 Å². The van der Waals surface area contributed by atoms with Gasteiger partial charge in [0.25, 0.3) is 5.91 Å². The standard InChI is InChI=1S/C12H20BrN3OS/c1-7(2)8(13)6-14-11(17)9-10(12(3,4)5)15-16-18-9/h7-8H,6H2,1-5H3,(H,14,17). The Labute approximate surface area is 121 Å². The van der Waals surface area contributed by atoms with Crippen LogP contribution < -0.4 is 5.32 Å². The summed E-state index contributed by atoms with van der Waals surface area (Å²) in [5.41, 5.74) is 0.603. The summed E-state index contributed by atoms with van der Waals surface area (Å²) < 4.78 is 3.89. The topological polar surface area (TPSA) is 54.9 Å². The second kappa shape index (κ2) is 6.10. The summed E-state index contributed by atoms with van der Waals surface area (Å²) in [5, 5.41) is 6.99. The molecule has 1 unspecified atom stereocenters. The molecule has 0 fully saturated rings. The predicted molar refractivity (Wildman–Crippen MR) is 78.5 cm³/mol. The number of rotatable bonds is 4. The van der Waals surface area contributed by atoms with Crippen molar-refractivity contribution in [1.29, 1.82) is 0 Å². The van der Waals surface area contributed by atoms with Crippen molar-refractivity contribution in [3.05, 3.63) is 10.6 Å². The van der Waals surface area contributed by atoms with Crippen molar-refractivity contribution in [3.63, 3.8) is 0 Å². The molecule has 1 rings (SSSR count). The fourth-order valence-electron chi connectivity index (χ4n) is 1.34. The van der Waals surface area contributed by atoms with Gasteiger partial charge in [-0.1, -0.05) is 55.0 Å². The number of nitrogens with one attached hydrogen (secondary N) is 1. The van der Waals surface area contributed by atoms with Gasteiger partial charge in [0.15, 0.2) is 0 Å². The molecule has 0 aliphatic rings. The Bertz CT molecular complexity index is 412. The number of amides is 1. The lowest BCUT2D eigenvalue weighted by Crippen LogP contribution is -2.32. The van der Waals surface area contributed by atoms with Gasteiger partial charge in [-0.25, -0.2) is 0 Å². The highest BCUT2D eigenvalue weighted by molar-refractivity contribution is 9.09. The minimum atomic E-state index is -0.161. The van der Waals surface area contributed by atoms with Gasteiger partial charge in [-0.05, 0) is 17.5 Å². The number of aromatic nitrogens is 2. The van der Waals surface area contributed by atoms with E-state index in [2.05, 4.69) is 44.7 Å². The minimum Gasteiger partial charge on any atom is -0.350 e. The average Bonchev–Trinajstić information content (AvgIpc) is 2.73. The van der Waals surface area contributed by atoms with Crippen LogP contribution in [0.4, 0.5) is 0 Å². The van der Waals surface area contributed by atoms with E-state index in [9.17, 15) is 4.79 Å². The first-order valence-electron chi connectivity index (χ1n) is 5.98. The van der Waals surface area contributed by atoms with Crippen molar-refractivity contribution in [3.8, 4) is 0 Å². The van der Waals surface area contributed by atoms with Gasteiger partial charge in [0.1, 0.15) is 4.88 Å². The van der Waals surface area contributed by atoms with Crippen LogP contribution in [0.15, 0.2) is 0 Å². The Morgan fingerprint density at radius 1 is 1.44 bits per heavy atom. The van der Waals surface area contributed by atoms with Crippen LogP contribution in [0.5, 0.6) is 0 Å². The largest absolute Gasteiger partial charge is 0.350 e.